The molecule has 1 saturated carbocycles. The predicted molar refractivity (Wildman–Crippen MR) is 118 cm³/mol. The predicted octanol–water partition coefficient (Wildman–Crippen LogP) is 3.34. The van der Waals surface area contributed by atoms with Gasteiger partial charge in [0.15, 0.2) is 0 Å². The highest BCUT2D eigenvalue weighted by Gasteiger charge is 2.58. The van der Waals surface area contributed by atoms with Crippen LogP contribution in [0.15, 0.2) is 34.0 Å². The molecule has 1 saturated heterocycles. The molecule has 2 fully saturated rings. The smallest absolute Gasteiger partial charge is 0.261 e. The van der Waals surface area contributed by atoms with Crippen LogP contribution in [0.5, 0.6) is 5.88 Å². The van der Waals surface area contributed by atoms with E-state index in [1.165, 1.54) is 18.6 Å². The Morgan fingerprint density at radius 2 is 2.26 bits per heavy atom. The number of carbonyl (C=O) groups excluding carboxylic acids is 1. The van der Waals surface area contributed by atoms with Gasteiger partial charge in [0.05, 0.1) is 37.0 Å². The second-order valence-corrected chi connectivity index (χ2v) is 9.97. The van der Waals surface area contributed by atoms with Crippen molar-refractivity contribution in [2.24, 2.45) is 10.4 Å². The summed E-state index contributed by atoms with van der Waals surface area (Å²) in [5.41, 5.74) is 1.11. The number of amidine groups is 1. The minimum atomic E-state index is -0.260. The number of hydrogen-bond acceptors (Lipinski definition) is 8. The van der Waals surface area contributed by atoms with Gasteiger partial charge >= 0.3 is 0 Å². The van der Waals surface area contributed by atoms with Crippen LogP contribution in [0.1, 0.15) is 40.0 Å². The second kappa shape index (κ2) is 7.34. The van der Waals surface area contributed by atoms with Gasteiger partial charge in [-0.05, 0) is 51.6 Å². The van der Waals surface area contributed by atoms with E-state index in [9.17, 15) is 4.79 Å². The van der Waals surface area contributed by atoms with Gasteiger partial charge in [0.25, 0.3) is 5.91 Å². The van der Waals surface area contributed by atoms with Gasteiger partial charge in [0, 0.05) is 29.6 Å². The number of rotatable bonds is 6. The van der Waals surface area contributed by atoms with Crippen LogP contribution in [-0.4, -0.2) is 59.0 Å². The third kappa shape index (κ3) is 3.53. The first-order valence-electron chi connectivity index (χ1n) is 10.7. The lowest BCUT2D eigenvalue weighted by Gasteiger charge is -2.31. The minimum absolute atomic E-state index is 0.000448. The average Bonchev–Trinajstić information content (AvgIpc) is 3.48. The number of aliphatic imine (C=N–C) groups is 1. The van der Waals surface area contributed by atoms with Gasteiger partial charge in [-0.25, -0.2) is 0 Å². The molecule has 0 spiro atoms. The zero-order valence-electron chi connectivity index (χ0n) is 18.3. The first-order chi connectivity index (χ1) is 14.8. The SMILES string of the molecule is COc1nscc1NC(=O)C1=CN2CC(C34CCC(C)(C3)OC4)N=C2C=C1OC(C)C. The quantitative estimate of drug-likeness (QED) is 0.724. The van der Waals surface area contributed by atoms with Crippen molar-refractivity contribution in [2.45, 2.75) is 57.8 Å². The normalized spacial score (nSPS) is 31.3. The van der Waals surface area contributed by atoms with E-state index in [1.807, 2.05) is 26.1 Å². The highest BCUT2D eigenvalue weighted by atomic mass is 32.1. The highest BCUT2D eigenvalue weighted by molar-refractivity contribution is 7.04. The number of methoxy groups -OCH3 is 1. The van der Waals surface area contributed by atoms with Crippen molar-refractivity contribution in [1.29, 1.82) is 0 Å². The number of nitrogens with zero attached hydrogens (tertiary/aromatic N) is 3. The standard InChI is InChI=1S/C22H28N4O4S/c1-13(2)30-16-7-18-24-17(22-6-5-21(3,11-22)29-12-22)9-26(18)8-14(16)19(27)23-15-10-31-25-20(15)28-4/h7-8,10,13,17H,5-6,9,11-12H2,1-4H3,(H,23,27). The van der Waals surface area contributed by atoms with Crippen molar-refractivity contribution in [1.82, 2.24) is 9.27 Å². The van der Waals surface area contributed by atoms with Crippen LogP contribution < -0.4 is 10.1 Å². The summed E-state index contributed by atoms with van der Waals surface area (Å²) in [4.78, 5) is 20.3. The van der Waals surface area contributed by atoms with E-state index in [0.29, 0.717) is 22.9 Å². The van der Waals surface area contributed by atoms with Crippen LogP contribution in [0.2, 0.25) is 0 Å². The summed E-state index contributed by atoms with van der Waals surface area (Å²) in [5, 5.41) is 4.65. The van der Waals surface area contributed by atoms with E-state index in [2.05, 4.69) is 21.5 Å². The minimum Gasteiger partial charge on any atom is -0.490 e. The molecule has 3 aliphatic heterocycles. The number of amides is 1. The summed E-state index contributed by atoms with van der Waals surface area (Å²) in [6, 6.07) is 0.156. The molecule has 3 unspecified atom stereocenters. The Labute approximate surface area is 186 Å². The number of aromatic nitrogens is 1. The summed E-state index contributed by atoms with van der Waals surface area (Å²) in [6.45, 7) is 7.62. The number of nitrogens with one attached hydrogen (secondary N) is 1. The van der Waals surface area contributed by atoms with Gasteiger partial charge < -0.3 is 24.4 Å². The molecule has 166 valence electrons. The van der Waals surface area contributed by atoms with Crippen molar-refractivity contribution in [3.05, 3.63) is 29.0 Å². The molecule has 5 rings (SSSR count). The molecular weight excluding hydrogens is 416 g/mol. The van der Waals surface area contributed by atoms with Crippen LogP contribution >= 0.6 is 11.5 Å². The molecule has 9 heteroatoms. The Morgan fingerprint density at radius 3 is 2.90 bits per heavy atom. The Balaban J connectivity index is 1.41. The first-order valence-corrected chi connectivity index (χ1v) is 11.5. The molecular formula is C22H28N4O4S. The molecule has 4 heterocycles. The number of fused-ring (bicyclic) bond motifs is 3. The van der Waals surface area contributed by atoms with E-state index >= 15 is 0 Å². The summed E-state index contributed by atoms with van der Waals surface area (Å²) < 4.78 is 21.4. The molecule has 2 bridgehead atoms. The molecule has 31 heavy (non-hydrogen) atoms. The number of carbonyl (C=O) groups is 1. The molecule has 1 amide bonds. The van der Waals surface area contributed by atoms with Gasteiger partial charge in [-0.2, -0.15) is 4.37 Å². The summed E-state index contributed by atoms with van der Waals surface area (Å²) in [6.07, 6.45) is 6.96. The largest absolute Gasteiger partial charge is 0.490 e. The second-order valence-electron chi connectivity index (χ2n) is 9.34. The number of anilines is 1. The lowest BCUT2D eigenvalue weighted by atomic mass is 9.80. The van der Waals surface area contributed by atoms with E-state index in [1.54, 1.807) is 5.38 Å². The van der Waals surface area contributed by atoms with Crippen molar-refractivity contribution >= 4 is 29.0 Å². The number of hydrogen-bond donors (Lipinski definition) is 1. The molecule has 0 radical (unpaired) electrons. The van der Waals surface area contributed by atoms with Crippen LogP contribution in [0.25, 0.3) is 0 Å². The van der Waals surface area contributed by atoms with E-state index in [0.717, 1.165) is 38.2 Å². The summed E-state index contributed by atoms with van der Waals surface area (Å²) in [7, 11) is 1.53. The fourth-order valence-corrected chi connectivity index (χ4v) is 5.67. The van der Waals surface area contributed by atoms with Gasteiger partial charge in [0.2, 0.25) is 5.88 Å². The fourth-order valence-electron chi connectivity index (χ4n) is 5.09. The van der Waals surface area contributed by atoms with Gasteiger partial charge in [-0.1, -0.05) is 0 Å². The first kappa shape index (κ1) is 20.5. The lowest BCUT2D eigenvalue weighted by Crippen LogP contribution is -2.38. The Bertz CT molecular complexity index is 987. The molecule has 4 aliphatic rings. The van der Waals surface area contributed by atoms with Crippen molar-refractivity contribution in [3.8, 4) is 5.88 Å². The molecule has 3 atom stereocenters. The zero-order chi connectivity index (χ0) is 21.8. The maximum absolute atomic E-state index is 13.2. The van der Waals surface area contributed by atoms with Gasteiger partial charge in [-0.15, -0.1) is 0 Å². The highest BCUT2D eigenvalue weighted by Crippen LogP contribution is 2.56. The van der Waals surface area contributed by atoms with E-state index < -0.39 is 0 Å². The maximum atomic E-state index is 13.2. The molecule has 1 aliphatic carbocycles. The van der Waals surface area contributed by atoms with Crippen LogP contribution in [0.3, 0.4) is 0 Å². The van der Waals surface area contributed by atoms with Crippen molar-refractivity contribution in [2.75, 3.05) is 25.6 Å². The van der Waals surface area contributed by atoms with Crippen molar-refractivity contribution < 1.29 is 19.0 Å². The third-order valence-corrected chi connectivity index (χ3v) is 7.25. The fraction of sp³-hybridized carbons (Fsp3) is 0.591. The van der Waals surface area contributed by atoms with Crippen LogP contribution in [0.4, 0.5) is 5.69 Å². The summed E-state index contributed by atoms with van der Waals surface area (Å²) >= 11 is 1.23. The number of ether oxygens (including phenoxy) is 3. The van der Waals surface area contributed by atoms with E-state index in [4.69, 9.17) is 19.2 Å². The zero-order valence-corrected chi connectivity index (χ0v) is 19.1. The molecule has 8 nitrogen and oxygen atoms in total. The Kier molecular flexibility index (Phi) is 4.86. The third-order valence-electron chi connectivity index (χ3n) is 6.64. The van der Waals surface area contributed by atoms with E-state index in [-0.39, 0.29) is 29.1 Å². The topological polar surface area (TPSA) is 85.3 Å². The maximum Gasteiger partial charge on any atom is 0.261 e. The summed E-state index contributed by atoms with van der Waals surface area (Å²) in [5.74, 6) is 1.52. The Hall–Kier alpha value is -2.39. The molecule has 0 aromatic carbocycles. The Morgan fingerprint density at radius 1 is 1.42 bits per heavy atom. The van der Waals surface area contributed by atoms with Gasteiger partial charge in [0.1, 0.15) is 17.3 Å². The molecule has 1 aromatic heterocycles. The monoisotopic (exact) mass is 444 g/mol. The van der Waals surface area contributed by atoms with Crippen molar-refractivity contribution in [3.63, 3.8) is 0 Å². The molecule has 1 N–H and O–H groups in total. The van der Waals surface area contributed by atoms with Crippen LogP contribution in [-0.2, 0) is 14.3 Å². The average molecular weight is 445 g/mol. The molecule has 1 aromatic rings. The van der Waals surface area contributed by atoms with Gasteiger partial charge in [-0.3, -0.25) is 9.79 Å². The van der Waals surface area contributed by atoms with Crippen LogP contribution in [0, 0.1) is 5.41 Å². The lowest BCUT2D eigenvalue weighted by molar-refractivity contribution is -0.113.